The van der Waals surface area contributed by atoms with Crippen molar-refractivity contribution in [2.45, 2.75) is 84.3 Å². The van der Waals surface area contributed by atoms with Crippen LogP contribution in [0.5, 0.6) is 0 Å². The van der Waals surface area contributed by atoms with Crippen LogP contribution in [0.3, 0.4) is 0 Å². The van der Waals surface area contributed by atoms with Gasteiger partial charge in [-0.05, 0) is 46.0 Å². The number of hydrogen-bond donors (Lipinski definition) is 2. The molecule has 0 bridgehead atoms. The van der Waals surface area contributed by atoms with Gasteiger partial charge in [-0.25, -0.2) is 0 Å². The Hall–Kier alpha value is -0.570. The molecule has 3 unspecified atom stereocenters. The molecule has 18 heavy (non-hydrogen) atoms. The summed E-state index contributed by atoms with van der Waals surface area (Å²) < 4.78 is 0. The number of hydrogen-bond acceptors (Lipinski definition) is 2. The Bertz CT molecular complexity index is 276. The average Bonchev–Trinajstić information content (AvgIpc) is 2.31. The van der Waals surface area contributed by atoms with Gasteiger partial charge < -0.3 is 10.6 Å². The molecule has 0 radical (unpaired) electrons. The highest BCUT2D eigenvalue weighted by atomic mass is 16.2. The number of rotatable bonds is 5. The van der Waals surface area contributed by atoms with Crippen molar-refractivity contribution in [1.29, 1.82) is 0 Å². The van der Waals surface area contributed by atoms with E-state index in [4.69, 9.17) is 0 Å². The molecule has 0 heterocycles. The zero-order valence-electron chi connectivity index (χ0n) is 12.7. The van der Waals surface area contributed by atoms with Crippen molar-refractivity contribution in [3.8, 4) is 0 Å². The summed E-state index contributed by atoms with van der Waals surface area (Å²) in [6.45, 7) is 10.5. The third-order valence-electron chi connectivity index (χ3n) is 4.31. The minimum absolute atomic E-state index is 0.0959. The average molecular weight is 254 g/mol. The van der Waals surface area contributed by atoms with Crippen LogP contribution in [0.2, 0.25) is 0 Å². The predicted octanol–water partition coefficient (Wildman–Crippen LogP) is 2.85. The molecule has 1 rings (SSSR count). The van der Waals surface area contributed by atoms with Crippen LogP contribution >= 0.6 is 0 Å². The van der Waals surface area contributed by atoms with Crippen molar-refractivity contribution in [2.24, 2.45) is 5.92 Å². The summed E-state index contributed by atoms with van der Waals surface area (Å²) in [6, 6.07) is 0.408. The molecule has 0 aromatic heterocycles. The first-order chi connectivity index (χ1) is 8.35. The van der Waals surface area contributed by atoms with Crippen LogP contribution in [0.25, 0.3) is 0 Å². The first-order valence-electron chi connectivity index (χ1n) is 7.44. The highest BCUT2D eigenvalue weighted by molar-refractivity contribution is 5.82. The fourth-order valence-corrected chi connectivity index (χ4v) is 2.49. The Balaban J connectivity index is 2.44. The zero-order chi connectivity index (χ0) is 13.8. The molecule has 2 N–H and O–H groups in total. The number of carbonyl (C=O) groups excluding carboxylic acids is 1. The van der Waals surface area contributed by atoms with Gasteiger partial charge in [0.25, 0.3) is 0 Å². The van der Waals surface area contributed by atoms with E-state index in [0.29, 0.717) is 12.0 Å². The Morgan fingerprint density at radius 1 is 1.33 bits per heavy atom. The molecule has 3 nitrogen and oxygen atoms in total. The van der Waals surface area contributed by atoms with Crippen LogP contribution in [-0.4, -0.2) is 23.5 Å². The minimum atomic E-state index is -0.106. The van der Waals surface area contributed by atoms with E-state index in [9.17, 15) is 4.79 Å². The molecule has 1 aliphatic rings. The van der Waals surface area contributed by atoms with Gasteiger partial charge in [-0.2, -0.15) is 0 Å². The summed E-state index contributed by atoms with van der Waals surface area (Å²) in [5.41, 5.74) is -0.106. The van der Waals surface area contributed by atoms with Crippen LogP contribution in [0.15, 0.2) is 0 Å². The third-order valence-corrected chi connectivity index (χ3v) is 4.31. The normalized spacial score (nSPS) is 26.7. The standard InChI is InChI=1S/C15H30N2O/c1-6-15(4,5)17-14(18)12(3)16-13-10-8-7-9-11(13)2/h11-13,16H,6-10H2,1-5H3,(H,17,18). The second-order valence-electron chi connectivity index (χ2n) is 6.48. The topological polar surface area (TPSA) is 41.1 Å². The predicted molar refractivity (Wildman–Crippen MR) is 76.5 cm³/mol. The first-order valence-corrected chi connectivity index (χ1v) is 7.44. The van der Waals surface area contributed by atoms with Gasteiger partial charge in [0, 0.05) is 11.6 Å². The van der Waals surface area contributed by atoms with E-state index in [0.717, 1.165) is 6.42 Å². The fourth-order valence-electron chi connectivity index (χ4n) is 2.49. The minimum Gasteiger partial charge on any atom is -0.350 e. The second-order valence-corrected chi connectivity index (χ2v) is 6.48. The van der Waals surface area contributed by atoms with Gasteiger partial charge in [0.1, 0.15) is 0 Å². The van der Waals surface area contributed by atoms with E-state index in [1.165, 1.54) is 25.7 Å². The van der Waals surface area contributed by atoms with Crippen LogP contribution < -0.4 is 10.6 Å². The maximum atomic E-state index is 12.1. The summed E-state index contributed by atoms with van der Waals surface area (Å²) in [7, 11) is 0. The largest absolute Gasteiger partial charge is 0.350 e. The molecular weight excluding hydrogens is 224 g/mol. The van der Waals surface area contributed by atoms with Gasteiger partial charge in [0.05, 0.1) is 6.04 Å². The quantitative estimate of drug-likeness (QED) is 0.792. The van der Waals surface area contributed by atoms with Crippen molar-refractivity contribution < 1.29 is 4.79 Å². The third kappa shape index (κ3) is 4.60. The number of amides is 1. The Morgan fingerprint density at radius 2 is 1.94 bits per heavy atom. The highest BCUT2D eigenvalue weighted by Crippen LogP contribution is 2.24. The second kappa shape index (κ2) is 6.55. The van der Waals surface area contributed by atoms with Crippen molar-refractivity contribution in [2.75, 3.05) is 0 Å². The molecule has 0 aromatic carbocycles. The smallest absolute Gasteiger partial charge is 0.237 e. The molecular formula is C15H30N2O. The molecule has 1 fully saturated rings. The van der Waals surface area contributed by atoms with Crippen molar-refractivity contribution in [1.82, 2.24) is 10.6 Å². The van der Waals surface area contributed by atoms with Crippen molar-refractivity contribution in [3.63, 3.8) is 0 Å². The van der Waals surface area contributed by atoms with Crippen LogP contribution in [0.1, 0.15) is 66.7 Å². The van der Waals surface area contributed by atoms with Gasteiger partial charge in [-0.1, -0.05) is 26.7 Å². The molecule has 0 saturated heterocycles. The monoisotopic (exact) mass is 254 g/mol. The van der Waals surface area contributed by atoms with E-state index in [2.05, 4.69) is 38.3 Å². The van der Waals surface area contributed by atoms with Gasteiger partial charge >= 0.3 is 0 Å². The maximum absolute atomic E-state index is 12.1. The Morgan fingerprint density at radius 3 is 2.50 bits per heavy atom. The van der Waals surface area contributed by atoms with E-state index >= 15 is 0 Å². The molecule has 1 aliphatic carbocycles. The summed E-state index contributed by atoms with van der Waals surface area (Å²) in [4.78, 5) is 12.1. The van der Waals surface area contributed by atoms with Crippen molar-refractivity contribution >= 4 is 5.91 Å². The first kappa shape index (κ1) is 15.5. The van der Waals surface area contributed by atoms with Gasteiger partial charge in [-0.3, -0.25) is 4.79 Å². The molecule has 1 amide bonds. The van der Waals surface area contributed by atoms with Crippen LogP contribution in [0, 0.1) is 5.92 Å². The van der Waals surface area contributed by atoms with E-state index in [1.54, 1.807) is 0 Å². The maximum Gasteiger partial charge on any atom is 0.237 e. The van der Waals surface area contributed by atoms with E-state index < -0.39 is 0 Å². The highest BCUT2D eigenvalue weighted by Gasteiger charge is 2.26. The lowest BCUT2D eigenvalue weighted by Gasteiger charge is -2.33. The molecule has 3 atom stereocenters. The van der Waals surface area contributed by atoms with Crippen molar-refractivity contribution in [3.05, 3.63) is 0 Å². The lowest BCUT2D eigenvalue weighted by Crippen LogP contribution is -2.54. The molecule has 3 heteroatoms. The summed E-state index contributed by atoms with van der Waals surface area (Å²) >= 11 is 0. The molecule has 1 saturated carbocycles. The van der Waals surface area contributed by atoms with E-state index in [1.807, 2.05) is 6.92 Å². The fraction of sp³-hybridized carbons (Fsp3) is 0.933. The molecule has 0 aliphatic heterocycles. The summed E-state index contributed by atoms with van der Waals surface area (Å²) in [5.74, 6) is 0.813. The van der Waals surface area contributed by atoms with Gasteiger partial charge in [-0.15, -0.1) is 0 Å². The lowest BCUT2D eigenvalue weighted by molar-refractivity contribution is -0.124. The SMILES string of the molecule is CCC(C)(C)NC(=O)C(C)NC1CCCCC1C. The van der Waals surface area contributed by atoms with Gasteiger partial charge in [0.15, 0.2) is 0 Å². The number of carbonyl (C=O) groups is 1. The summed E-state index contributed by atoms with van der Waals surface area (Å²) in [5, 5.41) is 6.61. The van der Waals surface area contributed by atoms with Gasteiger partial charge in [0.2, 0.25) is 5.91 Å². The molecule has 0 spiro atoms. The number of nitrogens with one attached hydrogen (secondary N) is 2. The van der Waals surface area contributed by atoms with Crippen LogP contribution in [0.4, 0.5) is 0 Å². The lowest BCUT2D eigenvalue weighted by atomic mass is 9.85. The van der Waals surface area contributed by atoms with E-state index in [-0.39, 0.29) is 17.5 Å². The Labute approximate surface area is 112 Å². The molecule has 0 aromatic rings. The summed E-state index contributed by atoms with van der Waals surface area (Å²) in [6.07, 6.45) is 6.06. The zero-order valence-corrected chi connectivity index (χ0v) is 12.7. The molecule has 106 valence electrons. The van der Waals surface area contributed by atoms with Crippen LogP contribution in [-0.2, 0) is 4.79 Å². The Kier molecular flexibility index (Phi) is 5.64.